The van der Waals surface area contributed by atoms with E-state index in [1.54, 1.807) is 11.8 Å². The predicted octanol–water partition coefficient (Wildman–Crippen LogP) is 1.36. The standard InChI is InChI=1S/C25H29N7O4/c1-29-10-12-31(13-11-29)25(33)17-6-4-5-7-18(17)32-24(26-27-28-32)21-20-16(8-9-30(21)2)14-19-22(23(20)34-3)36-15-35-19/h4-7,14,21H,8-13,15H2,1-3H3. The molecule has 1 fully saturated rings. The quantitative estimate of drug-likeness (QED) is 0.536. The molecule has 0 bridgehead atoms. The summed E-state index contributed by atoms with van der Waals surface area (Å²) in [7, 11) is 5.75. The predicted molar refractivity (Wildman–Crippen MR) is 130 cm³/mol. The van der Waals surface area contributed by atoms with E-state index in [0.717, 1.165) is 37.2 Å². The van der Waals surface area contributed by atoms with E-state index in [0.29, 0.717) is 47.4 Å². The van der Waals surface area contributed by atoms with Gasteiger partial charge < -0.3 is 24.0 Å². The van der Waals surface area contributed by atoms with Crippen LogP contribution in [0.25, 0.3) is 5.69 Å². The zero-order valence-corrected chi connectivity index (χ0v) is 20.7. The number of benzene rings is 2. The summed E-state index contributed by atoms with van der Waals surface area (Å²) in [5.41, 5.74) is 3.29. The third-order valence-electron chi connectivity index (χ3n) is 7.29. The number of nitrogens with zero attached hydrogens (tertiary/aromatic N) is 7. The number of fused-ring (bicyclic) bond motifs is 2. The van der Waals surface area contributed by atoms with Crippen molar-refractivity contribution in [2.24, 2.45) is 0 Å². The molecule has 3 aromatic rings. The Morgan fingerprint density at radius 3 is 2.69 bits per heavy atom. The normalized spacial score (nSPS) is 19.9. The molecule has 6 rings (SSSR count). The van der Waals surface area contributed by atoms with Crippen LogP contribution in [0.4, 0.5) is 0 Å². The van der Waals surface area contributed by atoms with Gasteiger partial charge in [-0.3, -0.25) is 9.69 Å². The van der Waals surface area contributed by atoms with Crippen LogP contribution in [0.3, 0.4) is 0 Å². The first-order valence-electron chi connectivity index (χ1n) is 12.1. The summed E-state index contributed by atoms with van der Waals surface area (Å²) in [4.78, 5) is 19.9. The van der Waals surface area contributed by atoms with Crippen molar-refractivity contribution >= 4 is 5.91 Å². The Bertz CT molecular complexity index is 1300. The van der Waals surface area contributed by atoms with Crippen LogP contribution in [0.2, 0.25) is 0 Å². The van der Waals surface area contributed by atoms with Crippen LogP contribution in [-0.4, -0.2) is 102 Å². The van der Waals surface area contributed by atoms with Crippen LogP contribution in [0.5, 0.6) is 17.2 Å². The smallest absolute Gasteiger partial charge is 0.256 e. The third kappa shape index (κ3) is 3.66. The van der Waals surface area contributed by atoms with Gasteiger partial charge in [-0.2, -0.15) is 4.68 Å². The van der Waals surface area contributed by atoms with Gasteiger partial charge in [0.2, 0.25) is 12.5 Å². The largest absolute Gasteiger partial charge is 0.492 e. The Balaban J connectivity index is 1.44. The highest BCUT2D eigenvalue weighted by atomic mass is 16.7. The van der Waals surface area contributed by atoms with E-state index in [2.05, 4.69) is 32.4 Å². The van der Waals surface area contributed by atoms with E-state index in [-0.39, 0.29) is 18.7 Å². The summed E-state index contributed by atoms with van der Waals surface area (Å²) in [5.74, 6) is 2.51. The topological polar surface area (TPSA) is 98.1 Å². The lowest BCUT2D eigenvalue weighted by atomic mass is 9.90. The first kappa shape index (κ1) is 22.7. The van der Waals surface area contributed by atoms with Gasteiger partial charge in [0, 0.05) is 38.3 Å². The number of rotatable bonds is 4. The molecule has 36 heavy (non-hydrogen) atoms. The Kier molecular flexibility index (Phi) is 5.73. The van der Waals surface area contributed by atoms with Gasteiger partial charge in [0.1, 0.15) is 6.04 Å². The molecule has 0 saturated carbocycles. The van der Waals surface area contributed by atoms with Crippen LogP contribution >= 0.6 is 0 Å². The molecule has 3 aliphatic heterocycles. The summed E-state index contributed by atoms with van der Waals surface area (Å²) in [6.45, 7) is 4.04. The number of aromatic nitrogens is 4. The SMILES string of the molecule is COc1c2c(cc3c1C(c1nnnn1-c1ccccc1C(=O)N1CCN(C)CC1)N(C)CC3)OCO2. The second-order valence-corrected chi connectivity index (χ2v) is 9.41. The average Bonchev–Trinajstić information content (AvgIpc) is 3.57. The summed E-state index contributed by atoms with van der Waals surface area (Å²) in [6.07, 6.45) is 0.829. The first-order valence-corrected chi connectivity index (χ1v) is 12.1. The van der Waals surface area contributed by atoms with E-state index in [9.17, 15) is 4.79 Å². The molecular weight excluding hydrogens is 462 g/mol. The Morgan fingerprint density at radius 1 is 1.08 bits per heavy atom. The van der Waals surface area contributed by atoms with Gasteiger partial charge in [-0.05, 0) is 54.7 Å². The van der Waals surface area contributed by atoms with Gasteiger partial charge in [0.15, 0.2) is 17.3 Å². The molecule has 1 unspecified atom stereocenters. The van der Waals surface area contributed by atoms with Crippen LogP contribution in [0.15, 0.2) is 30.3 Å². The van der Waals surface area contributed by atoms with Crippen molar-refractivity contribution in [3.05, 3.63) is 52.8 Å². The molecule has 3 aliphatic rings. The molecule has 0 spiro atoms. The second-order valence-electron chi connectivity index (χ2n) is 9.41. The van der Waals surface area contributed by atoms with Gasteiger partial charge in [-0.1, -0.05) is 12.1 Å². The fraction of sp³-hybridized carbons (Fsp3) is 0.440. The van der Waals surface area contributed by atoms with Crippen molar-refractivity contribution in [3.8, 4) is 22.9 Å². The highest BCUT2D eigenvalue weighted by Gasteiger charge is 2.38. The zero-order valence-electron chi connectivity index (χ0n) is 20.7. The van der Waals surface area contributed by atoms with Crippen molar-refractivity contribution in [2.75, 3.05) is 60.7 Å². The Hall–Kier alpha value is -3.70. The minimum Gasteiger partial charge on any atom is -0.492 e. The van der Waals surface area contributed by atoms with E-state index < -0.39 is 0 Å². The van der Waals surface area contributed by atoms with Crippen LogP contribution in [-0.2, 0) is 6.42 Å². The molecule has 1 atom stereocenters. The van der Waals surface area contributed by atoms with E-state index >= 15 is 0 Å². The first-order chi connectivity index (χ1) is 17.6. The van der Waals surface area contributed by atoms with Gasteiger partial charge >= 0.3 is 0 Å². The molecule has 1 saturated heterocycles. The number of hydrogen-bond donors (Lipinski definition) is 0. The number of para-hydroxylation sites is 1. The Labute approximate surface area is 209 Å². The Morgan fingerprint density at radius 2 is 1.89 bits per heavy atom. The lowest BCUT2D eigenvalue weighted by Crippen LogP contribution is -2.47. The minimum atomic E-state index is -0.306. The monoisotopic (exact) mass is 491 g/mol. The lowest BCUT2D eigenvalue weighted by Gasteiger charge is -2.35. The fourth-order valence-corrected chi connectivity index (χ4v) is 5.31. The minimum absolute atomic E-state index is 0.0153. The fourth-order valence-electron chi connectivity index (χ4n) is 5.31. The van der Waals surface area contributed by atoms with Crippen LogP contribution in [0.1, 0.15) is 33.4 Å². The van der Waals surface area contributed by atoms with Crippen molar-refractivity contribution in [1.29, 1.82) is 0 Å². The number of amides is 1. The zero-order chi connectivity index (χ0) is 24.8. The maximum absolute atomic E-state index is 13.6. The number of tetrazole rings is 1. The van der Waals surface area contributed by atoms with E-state index in [1.807, 2.05) is 42.3 Å². The van der Waals surface area contributed by atoms with Crippen molar-refractivity contribution in [3.63, 3.8) is 0 Å². The van der Waals surface area contributed by atoms with Crippen LogP contribution in [0, 0.1) is 0 Å². The van der Waals surface area contributed by atoms with Crippen LogP contribution < -0.4 is 14.2 Å². The molecule has 0 aliphatic carbocycles. The molecule has 1 amide bonds. The van der Waals surface area contributed by atoms with E-state index in [4.69, 9.17) is 14.2 Å². The lowest BCUT2D eigenvalue weighted by molar-refractivity contribution is 0.0664. The summed E-state index contributed by atoms with van der Waals surface area (Å²) in [5, 5.41) is 12.8. The molecule has 1 aromatic heterocycles. The molecule has 4 heterocycles. The average molecular weight is 492 g/mol. The molecule has 0 N–H and O–H groups in total. The van der Waals surface area contributed by atoms with Crippen molar-refractivity contribution < 1.29 is 19.0 Å². The van der Waals surface area contributed by atoms with Gasteiger partial charge in [0.05, 0.1) is 18.4 Å². The molecule has 188 valence electrons. The number of likely N-dealkylation sites (N-methyl/N-ethyl adjacent to an activating group) is 2. The summed E-state index contributed by atoms with van der Waals surface area (Å²) >= 11 is 0. The molecule has 2 aromatic carbocycles. The summed E-state index contributed by atoms with van der Waals surface area (Å²) in [6, 6.07) is 9.24. The maximum Gasteiger partial charge on any atom is 0.256 e. The van der Waals surface area contributed by atoms with Gasteiger partial charge in [-0.25, -0.2) is 0 Å². The third-order valence-corrected chi connectivity index (χ3v) is 7.29. The van der Waals surface area contributed by atoms with Crippen molar-refractivity contribution in [2.45, 2.75) is 12.5 Å². The second kappa shape index (κ2) is 9.07. The number of methoxy groups -OCH3 is 1. The number of ether oxygens (including phenoxy) is 3. The maximum atomic E-state index is 13.6. The number of piperazine rings is 1. The molecule has 0 radical (unpaired) electrons. The number of carbonyl (C=O) groups excluding carboxylic acids is 1. The summed E-state index contributed by atoms with van der Waals surface area (Å²) < 4.78 is 18.9. The molecular formula is C25H29N7O4. The van der Waals surface area contributed by atoms with Gasteiger partial charge in [0.25, 0.3) is 5.91 Å². The highest BCUT2D eigenvalue weighted by Crippen LogP contribution is 2.50. The number of hydrogen-bond acceptors (Lipinski definition) is 9. The van der Waals surface area contributed by atoms with E-state index in [1.165, 1.54) is 0 Å². The number of carbonyl (C=O) groups is 1. The highest BCUT2D eigenvalue weighted by molar-refractivity contribution is 5.97. The van der Waals surface area contributed by atoms with Crippen molar-refractivity contribution in [1.82, 2.24) is 34.9 Å². The van der Waals surface area contributed by atoms with Gasteiger partial charge in [-0.15, -0.1) is 5.10 Å². The molecule has 11 heteroatoms. The molecule has 11 nitrogen and oxygen atoms in total.